The first-order chi connectivity index (χ1) is 9.31. The van der Waals surface area contributed by atoms with Crippen LogP contribution >= 0.6 is 0 Å². The van der Waals surface area contributed by atoms with Crippen LogP contribution in [0.4, 0.5) is 5.69 Å². The highest BCUT2D eigenvalue weighted by Gasteiger charge is 2.29. The number of amides is 1. The van der Waals surface area contributed by atoms with Crippen molar-refractivity contribution < 1.29 is 14.3 Å². The van der Waals surface area contributed by atoms with Crippen LogP contribution in [0.3, 0.4) is 0 Å². The van der Waals surface area contributed by atoms with E-state index in [1.807, 2.05) is 24.3 Å². The molecule has 1 saturated heterocycles. The third-order valence-electron chi connectivity index (χ3n) is 3.51. The standard InChI is InChI=1S/C15H19NO3/c17-15(11-6-7-11)16-12-3-1-4-13(9-12)19-10-14-5-2-8-18-14/h1,3-4,9,11,14H,2,5-8,10H2,(H,16,17). The zero-order valence-corrected chi connectivity index (χ0v) is 10.9. The molecule has 1 unspecified atom stereocenters. The maximum absolute atomic E-state index is 11.7. The zero-order chi connectivity index (χ0) is 13.1. The topological polar surface area (TPSA) is 47.6 Å². The molecule has 0 spiro atoms. The van der Waals surface area contributed by atoms with Crippen LogP contribution in [0.1, 0.15) is 25.7 Å². The van der Waals surface area contributed by atoms with Gasteiger partial charge in [0.1, 0.15) is 12.4 Å². The molecule has 4 nitrogen and oxygen atoms in total. The Bertz CT molecular complexity index is 450. The summed E-state index contributed by atoms with van der Waals surface area (Å²) in [6, 6.07) is 7.56. The normalized spacial score (nSPS) is 22.2. The van der Waals surface area contributed by atoms with Crippen molar-refractivity contribution in [2.45, 2.75) is 31.8 Å². The summed E-state index contributed by atoms with van der Waals surface area (Å²) in [6.07, 6.45) is 4.43. The number of carbonyl (C=O) groups is 1. The van der Waals surface area contributed by atoms with Crippen molar-refractivity contribution in [2.24, 2.45) is 5.92 Å². The van der Waals surface area contributed by atoms with Gasteiger partial charge in [0.15, 0.2) is 0 Å². The molecule has 1 N–H and O–H groups in total. The Hall–Kier alpha value is -1.55. The van der Waals surface area contributed by atoms with E-state index in [0.717, 1.165) is 43.7 Å². The van der Waals surface area contributed by atoms with Gasteiger partial charge in [-0.15, -0.1) is 0 Å². The van der Waals surface area contributed by atoms with E-state index < -0.39 is 0 Å². The predicted octanol–water partition coefficient (Wildman–Crippen LogP) is 2.59. The van der Waals surface area contributed by atoms with E-state index in [0.29, 0.717) is 6.61 Å². The van der Waals surface area contributed by atoms with Crippen LogP contribution in [0.15, 0.2) is 24.3 Å². The van der Waals surface area contributed by atoms with Crippen molar-refractivity contribution in [3.8, 4) is 5.75 Å². The van der Waals surface area contributed by atoms with Gasteiger partial charge in [0.25, 0.3) is 0 Å². The Morgan fingerprint density at radius 2 is 2.26 bits per heavy atom. The first-order valence-electron chi connectivity index (χ1n) is 6.96. The molecule has 1 aliphatic heterocycles. The lowest BCUT2D eigenvalue weighted by Gasteiger charge is -2.12. The zero-order valence-electron chi connectivity index (χ0n) is 10.9. The molecule has 1 heterocycles. The van der Waals surface area contributed by atoms with Gasteiger partial charge in [0.05, 0.1) is 6.10 Å². The number of hydrogen-bond donors (Lipinski definition) is 1. The molecule has 0 radical (unpaired) electrons. The fraction of sp³-hybridized carbons (Fsp3) is 0.533. The predicted molar refractivity (Wildman–Crippen MR) is 72.3 cm³/mol. The highest BCUT2D eigenvalue weighted by atomic mass is 16.5. The highest BCUT2D eigenvalue weighted by Crippen LogP contribution is 2.30. The van der Waals surface area contributed by atoms with Crippen molar-refractivity contribution in [1.82, 2.24) is 0 Å². The summed E-state index contributed by atoms with van der Waals surface area (Å²) in [7, 11) is 0. The van der Waals surface area contributed by atoms with Crippen LogP contribution in [0.2, 0.25) is 0 Å². The van der Waals surface area contributed by atoms with Gasteiger partial charge in [-0.25, -0.2) is 0 Å². The molecule has 1 saturated carbocycles. The number of anilines is 1. The number of rotatable bonds is 5. The molecule has 1 aromatic carbocycles. The number of ether oxygens (including phenoxy) is 2. The molecule has 2 aliphatic rings. The van der Waals surface area contributed by atoms with Crippen LogP contribution in [0, 0.1) is 5.92 Å². The Labute approximate surface area is 113 Å². The second-order valence-corrected chi connectivity index (χ2v) is 5.24. The van der Waals surface area contributed by atoms with Crippen LogP contribution in [0.5, 0.6) is 5.75 Å². The molecule has 3 rings (SSSR count). The second-order valence-electron chi connectivity index (χ2n) is 5.24. The van der Waals surface area contributed by atoms with E-state index in [9.17, 15) is 4.79 Å². The molecule has 19 heavy (non-hydrogen) atoms. The third-order valence-corrected chi connectivity index (χ3v) is 3.51. The summed E-state index contributed by atoms with van der Waals surface area (Å²) in [4.78, 5) is 11.7. The molecule has 1 atom stereocenters. The Kier molecular flexibility index (Phi) is 3.69. The van der Waals surface area contributed by atoms with Crippen molar-refractivity contribution in [2.75, 3.05) is 18.5 Å². The summed E-state index contributed by atoms with van der Waals surface area (Å²) in [5.41, 5.74) is 0.807. The average molecular weight is 261 g/mol. The smallest absolute Gasteiger partial charge is 0.227 e. The Balaban J connectivity index is 1.54. The third kappa shape index (κ3) is 3.47. The number of hydrogen-bond acceptors (Lipinski definition) is 3. The van der Waals surface area contributed by atoms with Crippen LogP contribution < -0.4 is 10.1 Å². The molecule has 1 aliphatic carbocycles. The van der Waals surface area contributed by atoms with E-state index in [-0.39, 0.29) is 17.9 Å². The molecule has 1 amide bonds. The minimum absolute atomic E-state index is 0.122. The highest BCUT2D eigenvalue weighted by molar-refractivity contribution is 5.94. The molecule has 0 aromatic heterocycles. The van der Waals surface area contributed by atoms with E-state index in [2.05, 4.69) is 5.32 Å². The van der Waals surface area contributed by atoms with E-state index in [1.165, 1.54) is 0 Å². The van der Waals surface area contributed by atoms with Gasteiger partial charge in [-0.2, -0.15) is 0 Å². The van der Waals surface area contributed by atoms with Gasteiger partial charge in [0.2, 0.25) is 5.91 Å². The van der Waals surface area contributed by atoms with Gasteiger partial charge < -0.3 is 14.8 Å². The van der Waals surface area contributed by atoms with Gasteiger partial charge in [-0.1, -0.05) is 6.07 Å². The molecule has 0 bridgehead atoms. The lowest BCUT2D eigenvalue weighted by atomic mass is 10.2. The summed E-state index contributed by atoms with van der Waals surface area (Å²) < 4.78 is 11.2. The molecular formula is C15H19NO3. The van der Waals surface area contributed by atoms with Gasteiger partial charge in [-0.05, 0) is 37.8 Å². The summed E-state index contributed by atoms with van der Waals surface area (Å²) in [5, 5.41) is 2.92. The molecule has 2 fully saturated rings. The number of benzene rings is 1. The van der Waals surface area contributed by atoms with Gasteiger partial charge >= 0.3 is 0 Å². The SMILES string of the molecule is O=C(Nc1cccc(OCC2CCCO2)c1)C1CC1. The van der Waals surface area contributed by atoms with Crippen LogP contribution in [-0.2, 0) is 9.53 Å². The summed E-state index contributed by atoms with van der Waals surface area (Å²) in [6.45, 7) is 1.42. The van der Waals surface area contributed by atoms with Crippen molar-refractivity contribution >= 4 is 11.6 Å². The first kappa shape index (κ1) is 12.5. The van der Waals surface area contributed by atoms with Crippen molar-refractivity contribution in [1.29, 1.82) is 0 Å². The van der Waals surface area contributed by atoms with E-state index in [4.69, 9.17) is 9.47 Å². The Morgan fingerprint density at radius 1 is 1.37 bits per heavy atom. The quantitative estimate of drug-likeness (QED) is 0.886. The van der Waals surface area contributed by atoms with Crippen LogP contribution in [-0.4, -0.2) is 25.2 Å². The lowest BCUT2D eigenvalue weighted by Crippen LogP contribution is -2.16. The molecule has 4 heteroatoms. The summed E-state index contributed by atoms with van der Waals surface area (Å²) >= 11 is 0. The fourth-order valence-corrected chi connectivity index (χ4v) is 2.22. The first-order valence-corrected chi connectivity index (χ1v) is 6.96. The van der Waals surface area contributed by atoms with Crippen molar-refractivity contribution in [3.63, 3.8) is 0 Å². The van der Waals surface area contributed by atoms with Gasteiger partial charge in [-0.3, -0.25) is 4.79 Å². The molecule has 102 valence electrons. The molecular weight excluding hydrogens is 242 g/mol. The average Bonchev–Trinajstić information content (AvgIpc) is 3.14. The van der Waals surface area contributed by atoms with Crippen molar-refractivity contribution in [3.05, 3.63) is 24.3 Å². The number of carbonyl (C=O) groups excluding carboxylic acids is 1. The summed E-state index contributed by atoms with van der Waals surface area (Å²) in [5.74, 6) is 1.12. The lowest BCUT2D eigenvalue weighted by molar-refractivity contribution is -0.117. The number of nitrogens with one attached hydrogen (secondary N) is 1. The monoisotopic (exact) mass is 261 g/mol. The maximum Gasteiger partial charge on any atom is 0.227 e. The van der Waals surface area contributed by atoms with E-state index in [1.54, 1.807) is 0 Å². The fourth-order valence-electron chi connectivity index (χ4n) is 2.22. The van der Waals surface area contributed by atoms with Crippen LogP contribution in [0.25, 0.3) is 0 Å². The minimum atomic E-state index is 0.122. The largest absolute Gasteiger partial charge is 0.491 e. The Morgan fingerprint density at radius 3 is 3.00 bits per heavy atom. The van der Waals surface area contributed by atoms with E-state index >= 15 is 0 Å². The second kappa shape index (κ2) is 5.61. The van der Waals surface area contributed by atoms with Gasteiger partial charge in [0, 0.05) is 24.3 Å². The molecule has 1 aromatic rings. The maximum atomic E-state index is 11.7. The minimum Gasteiger partial charge on any atom is -0.491 e.